The predicted molar refractivity (Wildman–Crippen MR) is 46.9 cm³/mol. The molecule has 2 heteroatoms. The van der Waals surface area contributed by atoms with Crippen LogP contribution in [-0.2, 0) is 4.79 Å². The highest BCUT2D eigenvalue weighted by Crippen LogP contribution is 2.29. The van der Waals surface area contributed by atoms with Crippen molar-refractivity contribution in [1.82, 2.24) is 4.90 Å². The van der Waals surface area contributed by atoms with Crippen LogP contribution < -0.4 is 0 Å². The van der Waals surface area contributed by atoms with E-state index in [1.165, 1.54) is 0 Å². The lowest BCUT2D eigenvalue weighted by Gasteiger charge is -2.21. The van der Waals surface area contributed by atoms with Gasteiger partial charge in [-0.05, 0) is 0 Å². The quantitative estimate of drug-likeness (QED) is 0.495. The molecular formula is C10H11NO. The van der Waals surface area contributed by atoms with Crippen LogP contribution in [0.4, 0.5) is 0 Å². The number of hydrogen-bond donors (Lipinski definition) is 0. The summed E-state index contributed by atoms with van der Waals surface area (Å²) in [5, 5.41) is 0. The van der Waals surface area contributed by atoms with E-state index in [1.54, 1.807) is 11.8 Å². The molecule has 0 aromatic rings. The van der Waals surface area contributed by atoms with Crippen LogP contribution in [0.2, 0.25) is 0 Å². The molecule has 0 unspecified atom stereocenters. The third kappa shape index (κ3) is 1.09. The van der Waals surface area contributed by atoms with Crippen molar-refractivity contribution in [3.63, 3.8) is 0 Å². The van der Waals surface area contributed by atoms with Crippen molar-refractivity contribution < 1.29 is 4.79 Å². The Morgan fingerprint density at radius 2 is 1.58 bits per heavy atom. The van der Waals surface area contributed by atoms with Crippen LogP contribution in [0.25, 0.3) is 0 Å². The fourth-order valence-electron chi connectivity index (χ4n) is 1.40. The number of rotatable bonds is 0. The van der Waals surface area contributed by atoms with Gasteiger partial charge in [0.25, 0.3) is 0 Å². The normalized spacial score (nSPS) is 30.9. The molecule has 2 nitrogen and oxygen atoms in total. The summed E-state index contributed by atoms with van der Waals surface area (Å²) < 4.78 is 0. The Morgan fingerprint density at radius 1 is 1.08 bits per heavy atom. The van der Waals surface area contributed by atoms with E-state index in [9.17, 15) is 4.79 Å². The Balaban J connectivity index is 2.19. The number of carbonyl (C=O) groups excluding carboxylic acids is 1. The number of amides is 1. The zero-order chi connectivity index (χ0) is 8.55. The van der Waals surface area contributed by atoms with Crippen LogP contribution in [0.15, 0.2) is 36.7 Å². The topological polar surface area (TPSA) is 20.3 Å². The Labute approximate surface area is 71.9 Å². The van der Waals surface area contributed by atoms with Crippen molar-refractivity contribution >= 4 is 5.91 Å². The SMILES string of the molecule is CC(=O)N1C=C[C@H]2C=C[C@H]2C=C1. The van der Waals surface area contributed by atoms with Crippen molar-refractivity contribution in [3.05, 3.63) is 36.7 Å². The second-order valence-electron chi connectivity index (χ2n) is 3.15. The van der Waals surface area contributed by atoms with Gasteiger partial charge in [-0.3, -0.25) is 9.69 Å². The number of fused-ring (bicyclic) bond motifs is 1. The van der Waals surface area contributed by atoms with Crippen molar-refractivity contribution in [3.8, 4) is 0 Å². The Kier molecular flexibility index (Phi) is 1.61. The van der Waals surface area contributed by atoms with Crippen LogP contribution in [0, 0.1) is 11.8 Å². The molecular weight excluding hydrogens is 150 g/mol. The van der Waals surface area contributed by atoms with E-state index in [1.807, 2.05) is 12.4 Å². The average Bonchev–Trinajstić information content (AvgIpc) is 2.10. The van der Waals surface area contributed by atoms with Crippen LogP contribution in [0.5, 0.6) is 0 Å². The average molecular weight is 161 g/mol. The van der Waals surface area contributed by atoms with E-state index in [0.717, 1.165) is 0 Å². The van der Waals surface area contributed by atoms with Crippen LogP contribution in [0.3, 0.4) is 0 Å². The molecule has 1 aliphatic heterocycles. The molecule has 0 bridgehead atoms. The van der Waals surface area contributed by atoms with Gasteiger partial charge in [-0.15, -0.1) is 0 Å². The molecule has 2 aliphatic rings. The molecule has 0 N–H and O–H groups in total. The van der Waals surface area contributed by atoms with Gasteiger partial charge in [0.05, 0.1) is 0 Å². The molecule has 12 heavy (non-hydrogen) atoms. The summed E-state index contributed by atoms with van der Waals surface area (Å²) in [4.78, 5) is 12.6. The van der Waals surface area contributed by atoms with E-state index in [-0.39, 0.29) is 5.91 Å². The van der Waals surface area contributed by atoms with Crippen LogP contribution >= 0.6 is 0 Å². The predicted octanol–water partition coefficient (Wildman–Crippen LogP) is 1.68. The van der Waals surface area contributed by atoms with Crippen molar-refractivity contribution in [2.24, 2.45) is 11.8 Å². The Hall–Kier alpha value is -1.31. The molecule has 0 saturated heterocycles. The van der Waals surface area contributed by atoms with Gasteiger partial charge in [0.15, 0.2) is 0 Å². The summed E-state index contributed by atoms with van der Waals surface area (Å²) in [6.45, 7) is 1.56. The van der Waals surface area contributed by atoms with Crippen molar-refractivity contribution in [2.45, 2.75) is 6.92 Å². The number of allylic oxidation sites excluding steroid dienone is 4. The molecule has 0 spiro atoms. The van der Waals surface area contributed by atoms with Gasteiger partial charge in [0.1, 0.15) is 0 Å². The fraction of sp³-hybridized carbons (Fsp3) is 0.300. The molecule has 1 amide bonds. The van der Waals surface area contributed by atoms with E-state index in [0.29, 0.717) is 11.8 Å². The molecule has 1 aliphatic carbocycles. The molecule has 1 heterocycles. The maximum absolute atomic E-state index is 11.0. The maximum atomic E-state index is 11.0. The highest BCUT2D eigenvalue weighted by Gasteiger charge is 2.21. The fourth-order valence-corrected chi connectivity index (χ4v) is 1.40. The molecule has 0 radical (unpaired) electrons. The summed E-state index contributed by atoms with van der Waals surface area (Å²) in [6, 6.07) is 0. The number of nitrogens with zero attached hydrogens (tertiary/aromatic N) is 1. The van der Waals surface area contributed by atoms with Crippen LogP contribution in [-0.4, -0.2) is 10.8 Å². The molecule has 0 saturated carbocycles. The molecule has 2 rings (SSSR count). The lowest BCUT2D eigenvalue weighted by molar-refractivity contribution is -0.124. The first kappa shape index (κ1) is 7.35. The standard InChI is InChI=1S/C10H11NO/c1-8(12)11-6-4-9-2-3-10(9)5-7-11/h2-7,9-10H,1H3/t9-,10+. The lowest BCUT2D eigenvalue weighted by atomic mass is 9.83. The first-order valence-corrected chi connectivity index (χ1v) is 4.11. The molecule has 0 fully saturated rings. The summed E-state index contributed by atoms with van der Waals surface area (Å²) in [5.74, 6) is 1.07. The van der Waals surface area contributed by atoms with Gasteiger partial charge >= 0.3 is 0 Å². The van der Waals surface area contributed by atoms with Crippen molar-refractivity contribution in [1.29, 1.82) is 0 Å². The van der Waals surface area contributed by atoms with Gasteiger partial charge in [0, 0.05) is 31.2 Å². The van der Waals surface area contributed by atoms with Gasteiger partial charge in [-0.2, -0.15) is 0 Å². The first-order valence-electron chi connectivity index (χ1n) is 4.11. The minimum absolute atomic E-state index is 0.0591. The van der Waals surface area contributed by atoms with Gasteiger partial charge < -0.3 is 0 Å². The van der Waals surface area contributed by atoms with Crippen molar-refractivity contribution in [2.75, 3.05) is 0 Å². The molecule has 2 atom stereocenters. The second kappa shape index (κ2) is 2.63. The van der Waals surface area contributed by atoms with E-state index < -0.39 is 0 Å². The summed E-state index contributed by atoms with van der Waals surface area (Å²) >= 11 is 0. The van der Waals surface area contributed by atoms with E-state index in [2.05, 4.69) is 24.3 Å². The van der Waals surface area contributed by atoms with Gasteiger partial charge in [-0.25, -0.2) is 0 Å². The molecule has 62 valence electrons. The Morgan fingerprint density at radius 3 is 1.92 bits per heavy atom. The molecule has 0 aromatic carbocycles. The van der Waals surface area contributed by atoms with Gasteiger partial charge in [0.2, 0.25) is 5.91 Å². The van der Waals surface area contributed by atoms with Gasteiger partial charge in [-0.1, -0.05) is 24.3 Å². The summed E-state index contributed by atoms with van der Waals surface area (Å²) in [6.07, 6.45) is 12.1. The number of hydrogen-bond acceptors (Lipinski definition) is 1. The second-order valence-corrected chi connectivity index (χ2v) is 3.15. The third-order valence-electron chi connectivity index (χ3n) is 2.30. The first-order chi connectivity index (χ1) is 5.77. The smallest absolute Gasteiger partial charge is 0.227 e. The largest absolute Gasteiger partial charge is 0.296 e. The third-order valence-corrected chi connectivity index (χ3v) is 2.30. The summed E-state index contributed by atoms with van der Waals surface area (Å²) in [7, 11) is 0. The van der Waals surface area contributed by atoms with Crippen LogP contribution in [0.1, 0.15) is 6.92 Å². The zero-order valence-electron chi connectivity index (χ0n) is 6.97. The van der Waals surface area contributed by atoms with E-state index >= 15 is 0 Å². The Bertz CT molecular complexity index is 266. The summed E-state index contributed by atoms with van der Waals surface area (Å²) in [5.41, 5.74) is 0. The molecule has 0 aromatic heterocycles. The van der Waals surface area contributed by atoms with E-state index in [4.69, 9.17) is 0 Å². The highest BCUT2D eigenvalue weighted by molar-refractivity contribution is 5.75. The lowest BCUT2D eigenvalue weighted by Crippen LogP contribution is -2.14. The zero-order valence-corrected chi connectivity index (χ0v) is 6.97. The monoisotopic (exact) mass is 161 g/mol. The minimum Gasteiger partial charge on any atom is -0.296 e. The highest BCUT2D eigenvalue weighted by atomic mass is 16.2. The minimum atomic E-state index is 0.0591. The maximum Gasteiger partial charge on any atom is 0.227 e. The number of carbonyl (C=O) groups is 1.